The van der Waals surface area contributed by atoms with E-state index in [0.29, 0.717) is 23.9 Å². The van der Waals surface area contributed by atoms with E-state index in [-0.39, 0.29) is 5.91 Å². The van der Waals surface area contributed by atoms with Crippen molar-refractivity contribution in [2.75, 3.05) is 7.11 Å². The Labute approximate surface area is 141 Å². The molecule has 5 heteroatoms. The standard InChI is InChI=1S/C18H20ClNO3/c1-13(23-17-9-7-16(19)8-10-17)18(21)20-11-14-3-5-15(6-4-14)12-22-2/h3-10,13H,11-12H2,1-2H3,(H,20,21). The Kier molecular flexibility index (Phi) is 6.44. The van der Waals surface area contributed by atoms with Crippen LogP contribution in [-0.2, 0) is 22.7 Å². The van der Waals surface area contributed by atoms with Gasteiger partial charge in [0.25, 0.3) is 5.91 Å². The number of hydrogen-bond acceptors (Lipinski definition) is 3. The van der Waals surface area contributed by atoms with Gasteiger partial charge in [0.15, 0.2) is 6.10 Å². The highest BCUT2D eigenvalue weighted by atomic mass is 35.5. The van der Waals surface area contributed by atoms with E-state index in [4.69, 9.17) is 21.1 Å². The van der Waals surface area contributed by atoms with Crippen molar-refractivity contribution in [2.24, 2.45) is 0 Å². The molecule has 1 amide bonds. The average molecular weight is 334 g/mol. The van der Waals surface area contributed by atoms with Gasteiger partial charge in [-0.05, 0) is 42.3 Å². The third kappa shape index (κ3) is 5.58. The molecule has 0 bridgehead atoms. The fourth-order valence-corrected chi connectivity index (χ4v) is 2.15. The maximum Gasteiger partial charge on any atom is 0.261 e. The molecule has 0 aliphatic heterocycles. The molecule has 0 heterocycles. The molecule has 0 spiro atoms. The number of benzene rings is 2. The summed E-state index contributed by atoms with van der Waals surface area (Å²) in [7, 11) is 1.66. The predicted octanol–water partition coefficient (Wildman–Crippen LogP) is 3.57. The summed E-state index contributed by atoms with van der Waals surface area (Å²) < 4.78 is 10.7. The summed E-state index contributed by atoms with van der Waals surface area (Å²) in [5.41, 5.74) is 2.12. The van der Waals surface area contributed by atoms with Gasteiger partial charge in [0, 0.05) is 18.7 Å². The van der Waals surface area contributed by atoms with Crippen molar-refractivity contribution in [2.45, 2.75) is 26.2 Å². The van der Waals surface area contributed by atoms with Crippen LogP contribution in [0.15, 0.2) is 48.5 Å². The molecule has 0 saturated heterocycles. The molecule has 2 aromatic rings. The molecular weight excluding hydrogens is 314 g/mol. The van der Waals surface area contributed by atoms with Crippen LogP contribution in [-0.4, -0.2) is 19.1 Å². The van der Waals surface area contributed by atoms with Crippen molar-refractivity contribution in [1.82, 2.24) is 5.32 Å². The van der Waals surface area contributed by atoms with Gasteiger partial charge in [0.2, 0.25) is 0 Å². The quantitative estimate of drug-likeness (QED) is 0.842. The Morgan fingerprint density at radius 3 is 2.30 bits per heavy atom. The van der Waals surface area contributed by atoms with E-state index in [9.17, 15) is 4.79 Å². The Hall–Kier alpha value is -2.04. The van der Waals surface area contributed by atoms with Crippen molar-refractivity contribution < 1.29 is 14.3 Å². The second-order valence-electron chi connectivity index (χ2n) is 5.18. The number of halogens is 1. The van der Waals surface area contributed by atoms with E-state index < -0.39 is 6.10 Å². The van der Waals surface area contributed by atoms with E-state index >= 15 is 0 Å². The monoisotopic (exact) mass is 333 g/mol. The first-order valence-corrected chi connectivity index (χ1v) is 7.73. The van der Waals surface area contributed by atoms with E-state index in [2.05, 4.69) is 5.32 Å². The zero-order valence-corrected chi connectivity index (χ0v) is 14.0. The number of ether oxygens (including phenoxy) is 2. The average Bonchev–Trinajstić information content (AvgIpc) is 2.56. The fraction of sp³-hybridized carbons (Fsp3) is 0.278. The number of hydrogen-bond donors (Lipinski definition) is 1. The maximum atomic E-state index is 12.1. The SMILES string of the molecule is COCc1ccc(CNC(=O)C(C)Oc2ccc(Cl)cc2)cc1. The van der Waals surface area contributed by atoms with Crippen LogP contribution in [0.3, 0.4) is 0 Å². The number of amides is 1. The molecule has 0 aliphatic carbocycles. The molecule has 1 unspecified atom stereocenters. The van der Waals surface area contributed by atoms with E-state index in [1.807, 2.05) is 24.3 Å². The van der Waals surface area contributed by atoms with Gasteiger partial charge in [-0.3, -0.25) is 4.79 Å². The Morgan fingerprint density at radius 1 is 1.09 bits per heavy atom. The Morgan fingerprint density at radius 2 is 1.70 bits per heavy atom. The molecule has 0 saturated carbocycles. The zero-order valence-electron chi connectivity index (χ0n) is 13.2. The van der Waals surface area contributed by atoms with Crippen LogP contribution in [0.4, 0.5) is 0 Å². The number of methoxy groups -OCH3 is 1. The summed E-state index contributed by atoms with van der Waals surface area (Å²) in [4.78, 5) is 12.1. The van der Waals surface area contributed by atoms with Crippen LogP contribution in [0.1, 0.15) is 18.1 Å². The molecule has 0 radical (unpaired) electrons. The van der Waals surface area contributed by atoms with Crippen LogP contribution < -0.4 is 10.1 Å². The van der Waals surface area contributed by atoms with Gasteiger partial charge in [0.05, 0.1) is 6.61 Å². The Balaban J connectivity index is 1.82. The molecule has 0 aromatic heterocycles. The normalized spacial score (nSPS) is 11.8. The second kappa shape index (κ2) is 8.56. The first-order valence-electron chi connectivity index (χ1n) is 7.35. The van der Waals surface area contributed by atoms with Crippen molar-refractivity contribution in [3.8, 4) is 5.75 Å². The predicted molar refractivity (Wildman–Crippen MR) is 90.5 cm³/mol. The summed E-state index contributed by atoms with van der Waals surface area (Å²) >= 11 is 5.82. The van der Waals surface area contributed by atoms with Gasteiger partial charge in [-0.2, -0.15) is 0 Å². The van der Waals surface area contributed by atoms with Crippen molar-refractivity contribution in [1.29, 1.82) is 0 Å². The summed E-state index contributed by atoms with van der Waals surface area (Å²) in [5, 5.41) is 3.49. The molecule has 1 atom stereocenters. The Bertz CT molecular complexity index is 626. The van der Waals surface area contributed by atoms with Crippen LogP contribution in [0.25, 0.3) is 0 Å². The second-order valence-corrected chi connectivity index (χ2v) is 5.62. The van der Waals surface area contributed by atoms with Crippen LogP contribution >= 0.6 is 11.6 Å². The topological polar surface area (TPSA) is 47.6 Å². The lowest BCUT2D eigenvalue weighted by Crippen LogP contribution is -2.35. The maximum absolute atomic E-state index is 12.1. The molecule has 23 heavy (non-hydrogen) atoms. The fourth-order valence-electron chi connectivity index (χ4n) is 2.02. The first kappa shape index (κ1) is 17.3. The highest BCUT2D eigenvalue weighted by Gasteiger charge is 2.14. The van der Waals surface area contributed by atoms with Crippen molar-refractivity contribution >= 4 is 17.5 Å². The third-order valence-corrected chi connectivity index (χ3v) is 3.55. The number of carbonyl (C=O) groups is 1. The van der Waals surface area contributed by atoms with Gasteiger partial charge in [-0.25, -0.2) is 0 Å². The highest BCUT2D eigenvalue weighted by Crippen LogP contribution is 2.16. The minimum atomic E-state index is -0.580. The molecule has 122 valence electrons. The van der Waals surface area contributed by atoms with Crippen molar-refractivity contribution in [3.63, 3.8) is 0 Å². The summed E-state index contributed by atoms with van der Waals surface area (Å²) in [5.74, 6) is 0.446. The smallest absolute Gasteiger partial charge is 0.261 e. The molecule has 2 aromatic carbocycles. The number of carbonyl (C=O) groups excluding carboxylic acids is 1. The zero-order chi connectivity index (χ0) is 16.7. The van der Waals surface area contributed by atoms with Gasteiger partial charge in [-0.15, -0.1) is 0 Å². The largest absolute Gasteiger partial charge is 0.481 e. The highest BCUT2D eigenvalue weighted by molar-refractivity contribution is 6.30. The van der Waals surface area contributed by atoms with Crippen LogP contribution in [0.2, 0.25) is 5.02 Å². The van der Waals surface area contributed by atoms with Gasteiger partial charge < -0.3 is 14.8 Å². The lowest BCUT2D eigenvalue weighted by atomic mass is 10.1. The van der Waals surface area contributed by atoms with Crippen LogP contribution in [0.5, 0.6) is 5.75 Å². The molecule has 0 aliphatic rings. The number of nitrogens with one attached hydrogen (secondary N) is 1. The van der Waals surface area contributed by atoms with Gasteiger partial charge in [-0.1, -0.05) is 35.9 Å². The van der Waals surface area contributed by atoms with E-state index in [1.54, 1.807) is 38.3 Å². The van der Waals surface area contributed by atoms with Gasteiger partial charge in [0.1, 0.15) is 5.75 Å². The molecule has 2 rings (SSSR count). The molecule has 4 nitrogen and oxygen atoms in total. The van der Waals surface area contributed by atoms with Gasteiger partial charge >= 0.3 is 0 Å². The first-order chi connectivity index (χ1) is 11.1. The number of rotatable bonds is 7. The van der Waals surface area contributed by atoms with E-state index in [1.165, 1.54) is 0 Å². The summed E-state index contributed by atoms with van der Waals surface area (Å²) in [6.45, 7) is 2.75. The lowest BCUT2D eigenvalue weighted by Gasteiger charge is -2.15. The van der Waals surface area contributed by atoms with E-state index in [0.717, 1.165) is 11.1 Å². The molecular formula is C18H20ClNO3. The summed E-state index contributed by atoms with van der Waals surface area (Å²) in [6, 6.07) is 14.8. The third-order valence-electron chi connectivity index (χ3n) is 3.30. The molecule has 0 fully saturated rings. The lowest BCUT2D eigenvalue weighted by molar-refractivity contribution is -0.127. The summed E-state index contributed by atoms with van der Waals surface area (Å²) in [6.07, 6.45) is -0.580. The van der Waals surface area contributed by atoms with Crippen LogP contribution in [0, 0.1) is 0 Å². The molecule has 1 N–H and O–H groups in total. The minimum Gasteiger partial charge on any atom is -0.481 e. The minimum absolute atomic E-state index is 0.166. The van der Waals surface area contributed by atoms with Crippen molar-refractivity contribution in [3.05, 3.63) is 64.7 Å².